The second-order valence-corrected chi connectivity index (χ2v) is 36.9. The van der Waals surface area contributed by atoms with E-state index in [0.717, 1.165) is 36.5 Å². The molecule has 0 fully saturated rings. The van der Waals surface area contributed by atoms with Crippen LogP contribution in [0.4, 0.5) is 0 Å². The van der Waals surface area contributed by atoms with Crippen LogP contribution in [-0.2, 0) is 130 Å². The molecule has 0 amide bonds. The van der Waals surface area contributed by atoms with Crippen LogP contribution in [0.3, 0.4) is 0 Å². The minimum absolute atomic E-state index is 0. The van der Waals surface area contributed by atoms with Gasteiger partial charge in [-0.3, -0.25) is 0 Å². The number of hydrogen-bond acceptors (Lipinski definition) is 30. The van der Waals surface area contributed by atoms with E-state index in [1.807, 2.05) is 36.4 Å². The summed E-state index contributed by atoms with van der Waals surface area (Å²) in [5.41, 5.74) is 5.02. The Morgan fingerprint density at radius 3 is 0.343 bits per heavy atom. The Bertz CT molecular complexity index is 2910. The van der Waals surface area contributed by atoms with Crippen molar-refractivity contribution in [2.45, 2.75) is 139 Å². The summed E-state index contributed by atoms with van der Waals surface area (Å²) in [4.78, 5) is 0. The smallest absolute Gasteiger partial charge is 0.491 e. The van der Waals surface area contributed by atoms with E-state index in [9.17, 15) is 0 Å². The quantitative estimate of drug-likeness (QED) is 0.0293. The normalized spacial score (nSPS) is 12.2. The molecule has 0 saturated heterocycles. The van der Waals surface area contributed by atoms with Gasteiger partial charge in [-0.15, -0.1) is 0 Å². The van der Waals surface area contributed by atoms with E-state index in [-0.39, 0.29) is 92.3 Å². The summed E-state index contributed by atoms with van der Waals surface area (Å²) >= 11 is 0. The summed E-state index contributed by atoms with van der Waals surface area (Å²) in [6.07, 6.45) is 3.31. The Balaban J connectivity index is 0.0000304. The van der Waals surface area contributed by atoms with Gasteiger partial charge in [0.05, 0.1) is 317 Å². The van der Waals surface area contributed by atoms with Gasteiger partial charge < -0.3 is 142 Å². The van der Waals surface area contributed by atoms with E-state index >= 15 is 0 Å². The van der Waals surface area contributed by atoms with Crippen LogP contribution in [0.5, 0.6) is 34.5 Å². The van der Waals surface area contributed by atoms with Crippen molar-refractivity contribution in [1.29, 1.82) is 0 Å². The molecule has 0 aliphatic carbocycles. The van der Waals surface area contributed by atoms with Crippen molar-refractivity contribution in [2.24, 2.45) is 16.2 Å². The molecule has 0 aliphatic heterocycles. The second kappa shape index (κ2) is 81.9. The van der Waals surface area contributed by atoms with Gasteiger partial charge in [0.1, 0.15) is 74.1 Å². The largest absolute Gasteiger partial charge is 1.00 e. The van der Waals surface area contributed by atoms with Gasteiger partial charge in [-0.2, -0.15) is 0 Å². The molecular weight excluding hydrogens is 1760 g/mol. The number of benzene rings is 4. The number of hydrogen-bond donors (Lipinski definition) is 0. The maximum atomic E-state index is 6.08. The summed E-state index contributed by atoms with van der Waals surface area (Å²) in [6, 6.07) is 30.6. The molecular formula is C102H178BKO30. The average Bonchev–Trinajstić information content (AvgIpc) is 0.834. The first-order valence-electron chi connectivity index (χ1n) is 47.9. The standard InChI is InChI=1S/C102H174O30.BH4.K/c1-97(2,3)85-100(10,11)88-16-22-91(23-17-88)127-76-70-121-64-58-115-52-46-109-40-34-103-28-31-106-37-43-112-49-55-118-61-67-124-73-79-130-94-82-95(131-80-74-125-68-62-119-56-50-113-44-38-107-32-29-104-35-41-110-47-53-116-59-65-122-71-77-128-92-24-18-89(19-25-92)101(12,13)86-98(4,5)6)84-96(83-94)132-81-75-126-69-63-120-57-51-114-45-39-108-33-30-105-36-42-111-48-54-117-60-66-123-72-78-129-93-26-20-90(21-27-93)102(14,15)87-99(7,8)9;;/h16-27,82-84H,28-81,85-87H2,1-15H3;1H4;/q;-1;+1. The molecule has 30 nitrogen and oxygen atoms in total. The van der Waals surface area contributed by atoms with Crippen LogP contribution >= 0.6 is 0 Å². The topological polar surface area (TPSA) is 277 Å². The molecule has 0 saturated carbocycles. The molecule has 0 unspecified atom stereocenters. The molecule has 0 spiro atoms. The molecule has 0 bridgehead atoms. The van der Waals surface area contributed by atoms with Crippen LogP contribution in [-0.4, -0.2) is 365 Å². The van der Waals surface area contributed by atoms with Crippen LogP contribution < -0.4 is 79.8 Å². The predicted molar refractivity (Wildman–Crippen MR) is 521 cm³/mol. The van der Waals surface area contributed by atoms with Crippen molar-refractivity contribution >= 4 is 8.41 Å². The molecule has 4 rings (SSSR count). The second-order valence-electron chi connectivity index (χ2n) is 36.9. The van der Waals surface area contributed by atoms with E-state index < -0.39 is 0 Å². The maximum Gasteiger partial charge on any atom is 1.00 e. The Labute approximate surface area is 850 Å². The third-order valence-corrected chi connectivity index (χ3v) is 19.5. The van der Waals surface area contributed by atoms with Gasteiger partial charge in [-0.05, 0) is 105 Å². The van der Waals surface area contributed by atoms with E-state index in [1.54, 1.807) is 18.2 Å². The molecule has 0 N–H and O–H groups in total. The van der Waals surface area contributed by atoms with Crippen LogP contribution in [0, 0.1) is 16.2 Å². The van der Waals surface area contributed by atoms with Gasteiger partial charge in [0.2, 0.25) is 0 Å². The minimum atomic E-state index is 0. The third-order valence-electron chi connectivity index (χ3n) is 19.5. The van der Waals surface area contributed by atoms with Crippen molar-refractivity contribution in [2.75, 3.05) is 357 Å². The van der Waals surface area contributed by atoms with Crippen LogP contribution in [0.2, 0.25) is 0 Å². The van der Waals surface area contributed by atoms with Crippen LogP contribution in [0.15, 0.2) is 91.0 Å². The van der Waals surface area contributed by atoms with E-state index in [1.165, 1.54) is 16.7 Å². The molecule has 0 aromatic heterocycles. The zero-order valence-electron chi connectivity index (χ0n) is 84.7. The first kappa shape index (κ1) is 126. The number of ether oxygens (including phenoxy) is 30. The van der Waals surface area contributed by atoms with Gasteiger partial charge in [0.15, 0.2) is 0 Å². The van der Waals surface area contributed by atoms with Crippen molar-refractivity contribution in [3.05, 3.63) is 108 Å². The Hall–Kier alpha value is -3.58. The van der Waals surface area contributed by atoms with Crippen LogP contribution in [0.25, 0.3) is 0 Å². The molecule has 0 radical (unpaired) electrons. The maximum absolute atomic E-state index is 6.08. The van der Waals surface area contributed by atoms with E-state index in [0.29, 0.717) is 374 Å². The van der Waals surface area contributed by atoms with Gasteiger partial charge in [-0.25, -0.2) is 0 Å². The Morgan fingerprint density at radius 2 is 0.239 bits per heavy atom. The van der Waals surface area contributed by atoms with Gasteiger partial charge in [-0.1, -0.05) is 149 Å². The SMILES string of the molecule is CC(C)(C)CC(C)(C)c1ccc(OCCOCCOCCOCCOCCOCCOCCOCCOCCOc2cc(OCCOCCOCCOCCOCCOCCOCCOCCOCCOc3ccc(C(C)(C)CC(C)(C)C)cc3)cc(OCCOCCOCCOCCOCCOCCOCCOCCOCCOc3ccc(C(C)(C)CC(C)(C)C)cc3)c2)cc1.[BH4-].[K+]. The van der Waals surface area contributed by atoms with E-state index in [2.05, 4.69) is 140 Å². The fraction of sp³-hybridized carbons (Fsp3) is 0.765. The fourth-order valence-corrected chi connectivity index (χ4v) is 14.3. The molecule has 0 heterocycles. The zero-order valence-corrected chi connectivity index (χ0v) is 87.8. The fourth-order valence-electron chi connectivity index (χ4n) is 14.3. The minimum Gasteiger partial charge on any atom is -0.491 e. The summed E-state index contributed by atoms with van der Waals surface area (Å²) in [5, 5.41) is 0. The first-order chi connectivity index (χ1) is 63.8. The molecule has 4 aromatic rings. The van der Waals surface area contributed by atoms with E-state index in [4.69, 9.17) is 142 Å². The molecule has 770 valence electrons. The molecule has 0 atom stereocenters. The van der Waals surface area contributed by atoms with Gasteiger partial charge in [0, 0.05) is 18.2 Å². The van der Waals surface area contributed by atoms with Gasteiger partial charge >= 0.3 is 51.4 Å². The molecule has 4 aromatic carbocycles. The zero-order chi connectivity index (χ0) is 95.3. The van der Waals surface area contributed by atoms with Crippen molar-refractivity contribution in [3.8, 4) is 34.5 Å². The van der Waals surface area contributed by atoms with Crippen LogP contribution in [0.1, 0.15) is 140 Å². The number of rotatable bonds is 93. The molecule has 134 heavy (non-hydrogen) atoms. The third kappa shape index (κ3) is 74.4. The summed E-state index contributed by atoms with van der Waals surface area (Å²) < 4.78 is 172. The average molecular weight is 1930 g/mol. The monoisotopic (exact) mass is 1930 g/mol. The predicted octanol–water partition coefficient (Wildman–Crippen LogP) is 10.2. The molecule has 32 heteroatoms. The Kier molecular flexibility index (Phi) is 77.3. The first-order valence-corrected chi connectivity index (χ1v) is 47.9. The van der Waals surface area contributed by atoms with Gasteiger partial charge in [0.25, 0.3) is 0 Å². The summed E-state index contributed by atoms with van der Waals surface area (Å²) in [5.74, 6) is 4.20. The Morgan fingerprint density at radius 1 is 0.142 bits per heavy atom. The van der Waals surface area contributed by atoms with Crippen molar-refractivity contribution in [3.63, 3.8) is 0 Å². The van der Waals surface area contributed by atoms with Crippen molar-refractivity contribution in [1.82, 2.24) is 0 Å². The van der Waals surface area contributed by atoms with Crippen molar-refractivity contribution < 1.29 is 193 Å². The summed E-state index contributed by atoms with van der Waals surface area (Å²) in [7, 11) is 0. The molecule has 0 aliphatic rings. The summed E-state index contributed by atoms with van der Waals surface area (Å²) in [6.45, 7) is 58.3.